The zero-order valence-electron chi connectivity index (χ0n) is 9.28. The molecule has 1 aromatic rings. The third kappa shape index (κ3) is 4.40. The lowest BCUT2D eigenvalue weighted by Gasteiger charge is -2.09. The number of halogens is 1. The molecule has 0 spiro atoms. The first-order valence-electron chi connectivity index (χ1n) is 4.72. The van der Waals surface area contributed by atoms with Crippen LogP contribution in [0.2, 0.25) is 0 Å². The van der Waals surface area contributed by atoms with Gasteiger partial charge in [-0.1, -0.05) is 19.9 Å². The predicted octanol–water partition coefficient (Wildman–Crippen LogP) is 2.32. The lowest BCUT2D eigenvalue weighted by atomic mass is 10.2. The minimum Gasteiger partial charge on any atom is -0.504 e. The number of rotatable bonds is 4. The molecular weight excluding hydrogens is 214 g/mol. The molecule has 1 aromatic carbocycles. The summed E-state index contributed by atoms with van der Waals surface area (Å²) in [5.74, 6) is 0.703. The molecule has 4 heteroatoms. The predicted molar refractivity (Wildman–Crippen MR) is 63.9 cm³/mol. The summed E-state index contributed by atoms with van der Waals surface area (Å²) in [7, 11) is 1.55. The Balaban J connectivity index is 0.00000196. The Labute approximate surface area is 96.9 Å². The normalized spacial score (nSPS) is 9.87. The monoisotopic (exact) mass is 231 g/mol. The van der Waals surface area contributed by atoms with E-state index < -0.39 is 0 Å². The van der Waals surface area contributed by atoms with Crippen LogP contribution in [-0.4, -0.2) is 18.3 Å². The van der Waals surface area contributed by atoms with Gasteiger partial charge in [0.2, 0.25) is 0 Å². The number of ether oxygens (including phenoxy) is 1. The summed E-state index contributed by atoms with van der Waals surface area (Å²) in [4.78, 5) is 0. The molecule has 0 atom stereocenters. The van der Waals surface area contributed by atoms with Gasteiger partial charge in [-0.15, -0.1) is 12.4 Å². The zero-order valence-corrected chi connectivity index (χ0v) is 10.1. The molecule has 0 heterocycles. The fourth-order valence-electron chi connectivity index (χ4n) is 1.15. The van der Waals surface area contributed by atoms with Gasteiger partial charge in [0.05, 0.1) is 7.11 Å². The van der Waals surface area contributed by atoms with Crippen molar-refractivity contribution in [2.24, 2.45) is 0 Å². The number of hydrogen-bond acceptors (Lipinski definition) is 3. The Morgan fingerprint density at radius 1 is 1.40 bits per heavy atom. The van der Waals surface area contributed by atoms with E-state index in [1.807, 2.05) is 12.1 Å². The van der Waals surface area contributed by atoms with Gasteiger partial charge in [-0.3, -0.25) is 0 Å². The molecule has 0 radical (unpaired) electrons. The maximum atomic E-state index is 9.37. The molecule has 0 aliphatic carbocycles. The average molecular weight is 232 g/mol. The van der Waals surface area contributed by atoms with E-state index in [1.54, 1.807) is 13.2 Å². The molecule has 0 aliphatic heterocycles. The first-order chi connectivity index (χ1) is 6.63. The van der Waals surface area contributed by atoms with Crippen molar-refractivity contribution in [1.82, 2.24) is 5.32 Å². The van der Waals surface area contributed by atoms with E-state index in [0.717, 1.165) is 12.1 Å². The summed E-state index contributed by atoms with van der Waals surface area (Å²) in [6.07, 6.45) is 0. The highest BCUT2D eigenvalue weighted by Crippen LogP contribution is 2.26. The highest BCUT2D eigenvalue weighted by Gasteiger charge is 2.02. The van der Waals surface area contributed by atoms with Crippen LogP contribution in [0.4, 0.5) is 0 Å². The molecule has 0 aliphatic rings. The van der Waals surface area contributed by atoms with Gasteiger partial charge in [-0.25, -0.2) is 0 Å². The maximum Gasteiger partial charge on any atom is 0.160 e. The van der Waals surface area contributed by atoms with Crippen LogP contribution in [0.15, 0.2) is 18.2 Å². The van der Waals surface area contributed by atoms with Crippen LogP contribution in [0, 0.1) is 0 Å². The second kappa shape index (κ2) is 6.53. The molecular formula is C11H18ClNO2. The fourth-order valence-corrected chi connectivity index (χ4v) is 1.15. The standard InChI is InChI=1S/C11H17NO2.ClH/c1-8(2)12-7-9-4-5-10(13)11(6-9)14-3;/h4-6,8,12-13H,7H2,1-3H3;1H. The topological polar surface area (TPSA) is 41.5 Å². The zero-order chi connectivity index (χ0) is 10.6. The molecule has 0 amide bonds. The van der Waals surface area contributed by atoms with Crippen LogP contribution in [0.3, 0.4) is 0 Å². The number of benzene rings is 1. The molecule has 0 saturated carbocycles. The maximum absolute atomic E-state index is 9.37. The Hall–Kier alpha value is -0.930. The Morgan fingerprint density at radius 3 is 2.60 bits per heavy atom. The number of aromatic hydroxyl groups is 1. The first kappa shape index (κ1) is 14.1. The van der Waals surface area contributed by atoms with E-state index in [1.165, 1.54) is 0 Å². The van der Waals surface area contributed by atoms with Gasteiger partial charge in [0.15, 0.2) is 11.5 Å². The molecule has 0 bridgehead atoms. The number of nitrogens with one attached hydrogen (secondary N) is 1. The molecule has 0 aromatic heterocycles. The minimum absolute atomic E-state index is 0. The smallest absolute Gasteiger partial charge is 0.160 e. The highest BCUT2D eigenvalue weighted by atomic mass is 35.5. The summed E-state index contributed by atoms with van der Waals surface area (Å²) < 4.78 is 5.01. The van der Waals surface area contributed by atoms with Crippen LogP contribution < -0.4 is 10.1 Å². The van der Waals surface area contributed by atoms with Crippen molar-refractivity contribution in [2.75, 3.05) is 7.11 Å². The summed E-state index contributed by atoms with van der Waals surface area (Å²) in [6, 6.07) is 5.82. The van der Waals surface area contributed by atoms with E-state index in [4.69, 9.17) is 4.74 Å². The van der Waals surface area contributed by atoms with Gasteiger partial charge < -0.3 is 15.2 Å². The van der Waals surface area contributed by atoms with Crippen molar-refractivity contribution in [3.05, 3.63) is 23.8 Å². The molecule has 3 nitrogen and oxygen atoms in total. The Bertz CT molecular complexity index is 303. The van der Waals surface area contributed by atoms with Crippen LogP contribution in [-0.2, 0) is 6.54 Å². The Morgan fingerprint density at radius 2 is 2.07 bits per heavy atom. The summed E-state index contributed by atoms with van der Waals surface area (Å²) in [5, 5.41) is 12.7. The van der Waals surface area contributed by atoms with Gasteiger partial charge in [-0.05, 0) is 17.7 Å². The molecule has 1 rings (SSSR count). The second-order valence-corrected chi connectivity index (χ2v) is 3.54. The van der Waals surface area contributed by atoms with Gasteiger partial charge >= 0.3 is 0 Å². The Kier molecular flexibility index (Phi) is 6.13. The number of phenolic OH excluding ortho intramolecular Hbond substituents is 1. The van der Waals surface area contributed by atoms with Crippen molar-refractivity contribution < 1.29 is 9.84 Å². The summed E-state index contributed by atoms with van der Waals surface area (Å²) in [5.41, 5.74) is 1.10. The average Bonchev–Trinajstić information content (AvgIpc) is 2.16. The van der Waals surface area contributed by atoms with Crippen LogP contribution >= 0.6 is 12.4 Å². The van der Waals surface area contributed by atoms with E-state index in [2.05, 4.69) is 19.2 Å². The van der Waals surface area contributed by atoms with E-state index in [0.29, 0.717) is 11.8 Å². The summed E-state index contributed by atoms with van der Waals surface area (Å²) in [6.45, 7) is 4.98. The van der Waals surface area contributed by atoms with Gasteiger partial charge in [0.1, 0.15) is 0 Å². The lowest BCUT2D eigenvalue weighted by molar-refractivity contribution is 0.372. The number of methoxy groups -OCH3 is 1. The number of hydrogen-bond donors (Lipinski definition) is 2. The third-order valence-corrected chi connectivity index (χ3v) is 1.96. The lowest BCUT2D eigenvalue weighted by Crippen LogP contribution is -2.21. The van der Waals surface area contributed by atoms with Crippen molar-refractivity contribution in [2.45, 2.75) is 26.4 Å². The molecule has 0 saturated heterocycles. The highest BCUT2D eigenvalue weighted by molar-refractivity contribution is 5.85. The second-order valence-electron chi connectivity index (χ2n) is 3.54. The van der Waals surface area contributed by atoms with E-state index >= 15 is 0 Å². The van der Waals surface area contributed by atoms with E-state index in [-0.39, 0.29) is 18.2 Å². The van der Waals surface area contributed by atoms with Crippen molar-refractivity contribution in [1.29, 1.82) is 0 Å². The van der Waals surface area contributed by atoms with Crippen molar-refractivity contribution in [3.63, 3.8) is 0 Å². The quantitative estimate of drug-likeness (QED) is 0.836. The van der Waals surface area contributed by atoms with Gasteiger partial charge in [-0.2, -0.15) is 0 Å². The SMILES string of the molecule is COc1cc(CNC(C)C)ccc1O.Cl. The van der Waals surface area contributed by atoms with Gasteiger partial charge in [0.25, 0.3) is 0 Å². The number of phenols is 1. The summed E-state index contributed by atoms with van der Waals surface area (Å²) >= 11 is 0. The molecule has 15 heavy (non-hydrogen) atoms. The minimum atomic E-state index is 0. The largest absolute Gasteiger partial charge is 0.504 e. The van der Waals surface area contributed by atoms with E-state index in [9.17, 15) is 5.11 Å². The van der Waals surface area contributed by atoms with Crippen LogP contribution in [0.1, 0.15) is 19.4 Å². The molecule has 86 valence electrons. The fraction of sp³-hybridized carbons (Fsp3) is 0.455. The first-order valence-corrected chi connectivity index (χ1v) is 4.72. The third-order valence-electron chi connectivity index (χ3n) is 1.96. The molecule has 0 unspecified atom stereocenters. The van der Waals surface area contributed by atoms with Gasteiger partial charge in [0, 0.05) is 12.6 Å². The van der Waals surface area contributed by atoms with Crippen LogP contribution in [0.25, 0.3) is 0 Å². The van der Waals surface area contributed by atoms with Crippen molar-refractivity contribution >= 4 is 12.4 Å². The molecule has 2 N–H and O–H groups in total. The van der Waals surface area contributed by atoms with Crippen molar-refractivity contribution in [3.8, 4) is 11.5 Å². The van der Waals surface area contributed by atoms with Crippen LogP contribution in [0.5, 0.6) is 11.5 Å². The molecule has 0 fully saturated rings.